The minimum atomic E-state index is 0.353. The van der Waals surface area contributed by atoms with Gasteiger partial charge in [-0.05, 0) is 30.8 Å². The Balaban J connectivity index is 2.29. The van der Waals surface area contributed by atoms with Crippen LogP contribution in [0.25, 0.3) is 0 Å². The Kier molecular flexibility index (Phi) is 3.08. The Morgan fingerprint density at radius 2 is 1.94 bits per heavy atom. The largest absolute Gasteiger partial charge is 0.231 e. The molecule has 0 saturated carbocycles. The standard InChI is InChI=1S/C10H7N5S/c1-7-5-8(6-11)15-10(14-7)16-9-12-3-2-4-13-9/h2-5H,1H3. The molecule has 0 N–H and O–H groups in total. The van der Waals surface area contributed by atoms with E-state index in [1.165, 1.54) is 11.8 Å². The SMILES string of the molecule is Cc1cc(C#N)nc(Sc2ncccn2)n1. The molecule has 0 aliphatic rings. The van der Waals surface area contributed by atoms with Crippen LogP contribution in [0.3, 0.4) is 0 Å². The summed E-state index contributed by atoms with van der Waals surface area (Å²) >= 11 is 1.24. The van der Waals surface area contributed by atoms with Crippen molar-refractivity contribution in [1.82, 2.24) is 19.9 Å². The molecule has 0 aliphatic carbocycles. The third-order valence-corrected chi connectivity index (χ3v) is 2.43. The summed E-state index contributed by atoms with van der Waals surface area (Å²) in [6, 6.07) is 5.36. The lowest BCUT2D eigenvalue weighted by Gasteiger charge is -1.99. The summed E-state index contributed by atoms with van der Waals surface area (Å²) in [6.45, 7) is 1.82. The number of nitrogens with zero attached hydrogens (tertiary/aromatic N) is 5. The molecule has 16 heavy (non-hydrogen) atoms. The lowest BCUT2D eigenvalue weighted by atomic mass is 10.4. The minimum Gasteiger partial charge on any atom is -0.231 e. The molecule has 0 radical (unpaired) electrons. The fourth-order valence-corrected chi connectivity index (χ4v) is 1.79. The topological polar surface area (TPSA) is 75.3 Å². The third kappa shape index (κ3) is 2.52. The number of aromatic nitrogens is 4. The highest BCUT2D eigenvalue weighted by Gasteiger charge is 2.05. The highest BCUT2D eigenvalue weighted by Crippen LogP contribution is 2.20. The van der Waals surface area contributed by atoms with Gasteiger partial charge in [-0.3, -0.25) is 0 Å². The molecular formula is C10H7N5S. The fourth-order valence-electron chi connectivity index (χ4n) is 1.06. The van der Waals surface area contributed by atoms with Gasteiger partial charge in [-0.15, -0.1) is 0 Å². The van der Waals surface area contributed by atoms with Crippen LogP contribution in [0.15, 0.2) is 34.8 Å². The highest BCUT2D eigenvalue weighted by molar-refractivity contribution is 7.99. The van der Waals surface area contributed by atoms with E-state index < -0.39 is 0 Å². The molecule has 2 aromatic heterocycles. The molecule has 0 atom stereocenters. The van der Waals surface area contributed by atoms with E-state index in [-0.39, 0.29) is 0 Å². The summed E-state index contributed by atoms with van der Waals surface area (Å²) in [5.74, 6) is 0. The van der Waals surface area contributed by atoms with Crippen LogP contribution < -0.4 is 0 Å². The summed E-state index contributed by atoms with van der Waals surface area (Å²) in [4.78, 5) is 16.4. The van der Waals surface area contributed by atoms with Crippen molar-refractivity contribution in [3.63, 3.8) is 0 Å². The fraction of sp³-hybridized carbons (Fsp3) is 0.100. The molecule has 0 aromatic carbocycles. The molecule has 5 nitrogen and oxygen atoms in total. The molecule has 0 spiro atoms. The zero-order valence-corrected chi connectivity index (χ0v) is 9.27. The van der Waals surface area contributed by atoms with Crippen molar-refractivity contribution in [1.29, 1.82) is 5.26 Å². The van der Waals surface area contributed by atoms with Gasteiger partial charge in [0.2, 0.25) is 0 Å². The minimum absolute atomic E-state index is 0.353. The van der Waals surface area contributed by atoms with Gasteiger partial charge < -0.3 is 0 Å². The van der Waals surface area contributed by atoms with Gasteiger partial charge in [-0.25, -0.2) is 19.9 Å². The predicted molar refractivity (Wildman–Crippen MR) is 57.6 cm³/mol. The van der Waals surface area contributed by atoms with Crippen LogP contribution in [-0.2, 0) is 0 Å². The van der Waals surface area contributed by atoms with Gasteiger partial charge in [0.15, 0.2) is 10.3 Å². The smallest absolute Gasteiger partial charge is 0.196 e. The van der Waals surface area contributed by atoms with Gasteiger partial charge in [0.1, 0.15) is 11.8 Å². The molecule has 0 unspecified atom stereocenters. The quantitative estimate of drug-likeness (QED) is 0.728. The van der Waals surface area contributed by atoms with Crippen LogP contribution in [0.5, 0.6) is 0 Å². The Hall–Kier alpha value is -2.00. The summed E-state index contributed by atoms with van der Waals surface area (Å²) in [5.41, 5.74) is 1.11. The van der Waals surface area contributed by atoms with E-state index in [1.807, 2.05) is 13.0 Å². The summed E-state index contributed by atoms with van der Waals surface area (Å²) in [6.07, 6.45) is 3.30. The second kappa shape index (κ2) is 4.68. The normalized spacial score (nSPS) is 9.75. The molecule has 0 bridgehead atoms. The predicted octanol–water partition coefficient (Wildman–Crippen LogP) is 1.60. The van der Waals surface area contributed by atoms with Crippen LogP contribution >= 0.6 is 11.8 Å². The zero-order valence-electron chi connectivity index (χ0n) is 8.45. The van der Waals surface area contributed by atoms with E-state index in [0.29, 0.717) is 16.0 Å². The van der Waals surface area contributed by atoms with Crippen LogP contribution in [0, 0.1) is 18.3 Å². The molecular weight excluding hydrogens is 222 g/mol. The van der Waals surface area contributed by atoms with E-state index in [9.17, 15) is 0 Å². The lowest BCUT2D eigenvalue weighted by molar-refractivity contribution is 0.899. The first-order valence-corrected chi connectivity index (χ1v) is 5.30. The molecule has 78 valence electrons. The van der Waals surface area contributed by atoms with Gasteiger partial charge >= 0.3 is 0 Å². The van der Waals surface area contributed by atoms with Crippen molar-refractivity contribution < 1.29 is 0 Å². The molecule has 0 aliphatic heterocycles. The van der Waals surface area contributed by atoms with E-state index in [0.717, 1.165) is 5.69 Å². The third-order valence-electron chi connectivity index (χ3n) is 1.67. The molecule has 2 aromatic rings. The van der Waals surface area contributed by atoms with Crippen LogP contribution in [0.1, 0.15) is 11.4 Å². The van der Waals surface area contributed by atoms with Crippen molar-refractivity contribution >= 4 is 11.8 Å². The number of hydrogen-bond donors (Lipinski definition) is 0. The second-order valence-corrected chi connectivity index (χ2v) is 3.86. The van der Waals surface area contributed by atoms with Gasteiger partial charge in [0.25, 0.3) is 0 Å². The summed E-state index contributed by atoms with van der Waals surface area (Å²) in [5, 5.41) is 9.83. The van der Waals surface area contributed by atoms with Gasteiger partial charge in [0, 0.05) is 18.1 Å². The molecule has 0 amide bonds. The summed E-state index contributed by atoms with van der Waals surface area (Å²) in [7, 11) is 0. The van der Waals surface area contributed by atoms with Gasteiger partial charge in [-0.2, -0.15) is 5.26 Å². The van der Waals surface area contributed by atoms with E-state index in [4.69, 9.17) is 5.26 Å². The van der Waals surface area contributed by atoms with Crippen LogP contribution in [-0.4, -0.2) is 19.9 Å². The lowest BCUT2D eigenvalue weighted by Crippen LogP contribution is -1.94. The maximum Gasteiger partial charge on any atom is 0.196 e. The maximum absolute atomic E-state index is 8.77. The van der Waals surface area contributed by atoms with Crippen molar-refractivity contribution in [3.8, 4) is 6.07 Å². The molecule has 0 fully saturated rings. The van der Waals surface area contributed by atoms with E-state index in [1.54, 1.807) is 24.5 Å². The Bertz CT molecular complexity index is 535. The van der Waals surface area contributed by atoms with E-state index >= 15 is 0 Å². The molecule has 0 saturated heterocycles. The van der Waals surface area contributed by atoms with Crippen molar-refractivity contribution in [2.75, 3.05) is 0 Å². The number of nitriles is 1. The molecule has 6 heteroatoms. The number of rotatable bonds is 2. The van der Waals surface area contributed by atoms with Crippen molar-refractivity contribution in [3.05, 3.63) is 35.9 Å². The van der Waals surface area contributed by atoms with Gasteiger partial charge in [0.05, 0.1) is 0 Å². The van der Waals surface area contributed by atoms with E-state index in [2.05, 4.69) is 19.9 Å². The molecule has 2 heterocycles. The average molecular weight is 229 g/mol. The average Bonchev–Trinajstić information content (AvgIpc) is 2.29. The first-order valence-electron chi connectivity index (χ1n) is 4.48. The number of hydrogen-bond acceptors (Lipinski definition) is 6. The number of aryl methyl sites for hydroxylation is 1. The van der Waals surface area contributed by atoms with Crippen molar-refractivity contribution in [2.24, 2.45) is 0 Å². The summed E-state index contributed by atoms with van der Waals surface area (Å²) < 4.78 is 0. The van der Waals surface area contributed by atoms with Crippen LogP contribution in [0.4, 0.5) is 0 Å². The Morgan fingerprint density at radius 1 is 1.19 bits per heavy atom. The van der Waals surface area contributed by atoms with Crippen molar-refractivity contribution in [2.45, 2.75) is 17.2 Å². The highest BCUT2D eigenvalue weighted by atomic mass is 32.2. The monoisotopic (exact) mass is 229 g/mol. The maximum atomic E-state index is 8.77. The molecule has 2 rings (SSSR count). The first kappa shape index (κ1) is 10.5. The second-order valence-electron chi connectivity index (χ2n) is 2.92. The van der Waals surface area contributed by atoms with Crippen LogP contribution in [0.2, 0.25) is 0 Å². The Morgan fingerprint density at radius 3 is 2.62 bits per heavy atom. The first-order chi connectivity index (χ1) is 7.78. The van der Waals surface area contributed by atoms with Gasteiger partial charge in [-0.1, -0.05) is 0 Å². The zero-order chi connectivity index (χ0) is 11.4. The Labute approximate surface area is 96.6 Å².